The molecule has 2 aromatic rings. The molecule has 2 bridgehead atoms. The maximum absolute atomic E-state index is 13.4. The second-order valence-electron chi connectivity index (χ2n) is 8.94. The number of ether oxygens (including phenoxy) is 4. The zero-order valence-electron chi connectivity index (χ0n) is 19.8. The summed E-state index contributed by atoms with van der Waals surface area (Å²) in [5.41, 5.74) is 0.692. The Morgan fingerprint density at radius 1 is 1.29 bits per heavy atom. The Morgan fingerprint density at radius 2 is 2.14 bits per heavy atom. The molecule has 2 atom stereocenters. The highest BCUT2D eigenvalue weighted by Crippen LogP contribution is 2.37. The molecule has 2 aromatic heterocycles. The Morgan fingerprint density at radius 3 is 2.91 bits per heavy atom. The fraction of sp³-hybridized carbons (Fsp3) is 0.545. The van der Waals surface area contributed by atoms with Gasteiger partial charge in [-0.3, -0.25) is 10.2 Å². The number of nitrogens with one attached hydrogen (secondary N) is 1. The minimum Gasteiger partial charge on any atom is -0.475 e. The van der Waals surface area contributed by atoms with Crippen LogP contribution < -0.4 is 19.9 Å². The topological polar surface area (TPSA) is 141 Å². The van der Waals surface area contributed by atoms with Crippen molar-refractivity contribution in [2.75, 3.05) is 48.5 Å². The predicted octanol–water partition coefficient (Wildman–Crippen LogP) is 1.60. The zero-order chi connectivity index (χ0) is 24.6. The second kappa shape index (κ2) is 9.23. The Balaban J connectivity index is 1.33. The van der Waals surface area contributed by atoms with Gasteiger partial charge in [-0.15, -0.1) is 0 Å². The van der Waals surface area contributed by atoms with Crippen LogP contribution >= 0.6 is 0 Å². The van der Waals surface area contributed by atoms with Crippen molar-refractivity contribution in [2.24, 2.45) is 0 Å². The number of carbonyl (C=O) groups excluding carboxylic acids is 2. The highest BCUT2D eigenvalue weighted by molar-refractivity contribution is 6.04. The summed E-state index contributed by atoms with van der Waals surface area (Å²) in [7, 11) is 1.26. The van der Waals surface area contributed by atoms with Gasteiger partial charge in [0.05, 0.1) is 31.6 Å². The number of piperidine rings is 1. The van der Waals surface area contributed by atoms with E-state index in [0.29, 0.717) is 30.5 Å². The van der Waals surface area contributed by atoms with Gasteiger partial charge in [0, 0.05) is 19.2 Å². The van der Waals surface area contributed by atoms with Crippen molar-refractivity contribution in [3.63, 3.8) is 0 Å². The number of carbonyl (C=O) groups is 2. The molecule has 13 nitrogen and oxygen atoms in total. The highest BCUT2D eigenvalue weighted by atomic mass is 16.7. The van der Waals surface area contributed by atoms with Gasteiger partial charge in [0.15, 0.2) is 11.6 Å². The van der Waals surface area contributed by atoms with Crippen molar-refractivity contribution >= 4 is 29.3 Å². The van der Waals surface area contributed by atoms with Crippen LogP contribution in [0.15, 0.2) is 18.6 Å². The summed E-state index contributed by atoms with van der Waals surface area (Å²) in [4.78, 5) is 45.9. The first kappa shape index (κ1) is 23.2. The van der Waals surface area contributed by atoms with Crippen LogP contribution in [0.2, 0.25) is 0 Å². The van der Waals surface area contributed by atoms with E-state index in [1.165, 1.54) is 19.5 Å². The third-order valence-electron chi connectivity index (χ3n) is 6.03. The average Bonchev–Trinajstić information content (AvgIpc) is 3.21. The van der Waals surface area contributed by atoms with Crippen LogP contribution in [0.3, 0.4) is 0 Å². The van der Waals surface area contributed by atoms with E-state index in [0.717, 1.165) is 19.4 Å². The van der Waals surface area contributed by atoms with Crippen LogP contribution in [-0.2, 0) is 14.2 Å². The first-order valence-corrected chi connectivity index (χ1v) is 11.4. The largest absolute Gasteiger partial charge is 0.475 e. The molecule has 5 rings (SSSR count). The van der Waals surface area contributed by atoms with Gasteiger partial charge >= 0.3 is 12.0 Å². The fourth-order valence-corrected chi connectivity index (χ4v) is 4.46. The van der Waals surface area contributed by atoms with E-state index in [4.69, 9.17) is 18.9 Å². The minimum absolute atomic E-state index is 0.107. The first-order chi connectivity index (χ1) is 16.8. The fourth-order valence-electron chi connectivity index (χ4n) is 4.46. The number of aromatic nitrogens is 4. The van der Waals surface area contributed by atoms with Crippen molar-refractivity contribution in [3.05, 3.63) is 24.4 Å². The molecule has 0 radical (unpaired) electrons. The summed E-state index contributed by atoms with van der Waals surface area (Å²) in [5.74, 6) is -0.496. The SMILES string of the molecule is COC(=O)c1ncc2c(n1)N(C(=O)Nc1cc(OC[C@@H]3COC(C)(C)O3)ncn1)[C@H]1CCCN2C1. The second-order valence-corrected chi connectivity index (χ2v) is 8.94. The number of methoxy groups -OCH3 is 1. The maximum Gasteiger partial charge on any atom is 0.376 e. The summed E-state index contributed by atoms with van der Waals surface area (Å²) in [5, 5.41) is 2.80. The summed E-state index contributed by atoms with van der Waals surface area (Å²) < 4.78 is 21.8. The lowest BCUT2D eigenvalue weighted by Gasteiger charge is -2.45. The Kier molecular flexibility index (Phi) is 6.11. The van der Waals surface area contributed by atoms with Gasteiger partial charge < -0.3 is 23.8 Å². The summed E-state index contributed by atoms with van der Waals surface area (Å²) in [6, 6.07) is 1.000. The van der Waals surface area contributed by atoms with Gasteiger partial charge in [-0.2, -0.15) is 0 Å². The minimum atomic E-state index is -0.670. The standard InChI is InChI=1S/C22H27N7O6/c1-22(2)34-11-14(35-22)10-33-17-7-16(24-12-25-17)26-21(31)29-13-5-4-6-28(9-13)15-8-23-18(20(30)32-3)27-19(15)29/h7-8,12-14H,4-6,9-11H2,1-3H3,(H,24,25,26,31)/t13-,14+/m0/s1. The summed E-state index contributed by atoms with van der Waals surface area (Å²) in [6.07, 6.45) is 4.37. The number of hydrogen-bond acceptors (Lipinski definition) is 11. The summed E-state index contributed by atoms with van der Waals surface area (Å²) in [6.45, 7) is 5.84. The third kappa shape index (κ3) is 4.82. The van der Waals surface area contributed by atoms with E-state index in [9.17, 15) is 9.59 Å². The molecule has 186 valence electrons. The molecule has 35 heavy (non-hydrogen) atoms. The molecule has 2 saturated heterocycles. The maximum atomic E-state index is 13.4. The number of hydrogen-bond donors (Lipinski definition) is 1. The number of nitrogens with zero attached hydrogens (tertiary/aromatic N) is 6. The van der Waals surface area contributed by atoms with Crippen molar-refractivity contribution in [1.29, 1.82) is 0 Å². The van der Waals surface area contributed by atoms with Crippen molar-refractivity contribution in [3.8, 4) is 5.88 Å². The Hall–Kier alpha value is -3.58. The molecule has 5 heterocycles. The quantitative estimate of drug-likeness (QED) is 0.617. The Bertz CT molecular complexity index is 1130. The van der Waals surface area contributed by atoms with E-state index in [1.54, 1.807) is 11.1 Å². The van der Waals surface area contributed by atoms with Crippen LogP contribution in [0, 0.1) is 0 Å². The molecule has 1 N–H and O–H groups in total. The van der Waals surface area contributed by atoms with Gasteiger partial charge in [-0.05, 0) is 26.7 Å². The van der Waals surface area contributed by atoms with E-state index in [1.807, 2.05) is 13.8 Å². The molecule has 0 saturated carbocycles. The molecular weight excluding hydrogens is 458 g/mol. The van der Waals surface area contributed by atoms with Crippen LogP contribution in [0.4, 0.5) is 22.1 Å². The number of rotatable bonds is 5. The first-order valence-electron chi connectivity index (χ1n) is 11.4. The smallest absolute Gasteiger partial charge is 0.376 e. The molecule has 0 aliphatic carbocycles. The lowest BCUT2D eigenvalue weighted by molar-refractivity contribution is -0.141. The number of anilines is 3. The molecular formula is C22H27N7O6. The van der Waals surface area contributed by atoms with E-state index < -0.39 is 17.8 Å². The monoisotopic (exact) mass is 485 g/mol. The van der Waals surface area contributed by atoms with E-state index in [-0.39, 0.29) is 30.4 Å². The summed E-state index contributed by atoms with van der Waals surface area (Å²) >= 11 is 0. The van der Waals surface area contributed by atoms with Gasteiger partial charge in [-0.25, -0.2) is 29.5 Å². The lowest BCUT2D eigenvalue weighted by Crippen LogP contribution is -2.56. The normalized spacial score (nSPS) is 22.4. The lowest BCUT2D eigenvalue weighted by atomic mass is 10.0. The molecule has 0 unspecified atom stereocenters. The van der Waals surface area contributed by atoms with E-state index >= 15 is 0 Å². The van der Waals surface area contributed by atoms with Gasteiger partial charge in [0.1, 0.15) is 24.9 Å². The van der Waals surface area contributed by atoms with Gasteiger partial charge in [0.2, 0.25) is 11.7 Å². The van der Waals surface area contributed by atoms with Crippen LogP contribution in [0.5, 0.6) is 5.88 Å². The number of urea groups is 1. The van der Waals surface area contributed by atoms with Gasteiger partial charge in [-0.1, -0.05) is 0 Å². The van der Waals surface area contributed by atoms with Gasteiger partial charge in [0.25, 0.3) is 0 Å². The van der Waals surface area contributed by atoms with Crippen molar-refractivity contribution < 1.29 is 28.5 Å². The van der Waals surface area contributed by atoms with Crippen LogP contribution in [-0.4, -0.2) is 83.3 Å². The Labute approximate surface area is 201 Å². The predicted molar refractivity (Wildman–Crippen MR) is 123 cm³/mol. The number of esters is 1. The molecule has 13 heteroatoms. The molecule has 2 amide bonds. The molecule has 2 fully saturated rings. The molecule has 0 spiro atoms. The number of fused-ring (bicyclic) bond motifs is 4. The number of amides is 2. The van der Waals surface area contributed by atoms with Crippen molar-refractivity contribution in [1.82, 2.24) is 19.9 Å². The molecule has 3 aliphatic rings. The average molecular weight is 486 g/mol. The van der Waals surface area contributed by atoms with Crippen LogP contribution in [0.25, 0.3) is 0 Å². The van der Waals surface area contributed by atoms with E-state index in [2.05, 4.69) is 30.2 Å². The molecule has 0 aromatic carbocycles. The molecule has 3 aliphatic heterocycles. The van der Waals surface area contributed by atoms with Crippen molar-refractivity contribution in [2.45, 2.75) is 44.6 Å². The third-order valence-corrected chi connectivity index (χ3v) is 6.03. The highest BCUT2D eigenvalue weighted by Gasteiger charge is 2.39. The van der Waals surface area contributed by atoms with Crippen LogP contribution in [0.1, 0.15) is 37.3 Å². The zero-order valence-corrected chi connectivity index (χ0v) is 19.8.